The van der Waals surface area contributed by atoms with E-state index in [4.69, 9.17) is 0 Å². The third-order valence-electron chi connectivity index (χ3n) is 3.14. The molecule has 2 heterocycles. The molecular formula is C12H19N3O3S. The quantitative estimate of drug-likeness (QED) is 0.844. The van der Waals surface area contributed by atoms with Crippen molar-refractivity contribution in [3.8, 4) is 0 Å². The molecular weight excluding hydrogens is 266 g/mol. The molecule has 0 bridgehead atoms. The molecule has 19 heavy (non-hydrogen) atoms. The Labute approximate surface area is 113 Å². The fourth-order valence-electron chi connectivity index (χ4n) is 2.07. The molecule has 7 heteroatoms. The summed E-state index contributed by atoms with van der Waals surface area (Å²) in [5.74, 6) is -0.273. The molecule has 1 saturated heterocycles. The second kappa shape index (κ2) is 5.75. The highest BCUT2D eigenvalue weighted by Crippen LogP contribution is 2.21. The van der Waals surface area contributed by atoms with E-state index in [1.165, 1.54) is 16.6 Å². The van der Waals surface area contributed by atoms with Gasteiger partial charge in [0, 0.05) is 25.8 Å². The number of rotatable bonds is 5. The Kier molecular flexibility index (Phi) is 4.26. The van der Waals surface area contributed by atoms with Crippen molar-refractivity contribution in [3.63, 3.8) is 0 Å². The van der Waals surface area contributed by atoms with Crippen LogP contribution in [-0.2, 0) is 10.0 Å². The predicted molar refractivity (Wildman–Crippen MR) is 71.4 cm³/mol. The van der Waals surface area contributed by atoms with Gasteiger partial charge in [-0.1, -0.05) is 6.92 Å². The van der Waals surface area contributed by atoms with Crippen molar-refractivity contribution in [2.75, 3.05) is 19.6 Å². The van der Waals surface area contributed by atoms with Crippen molar-refractivity contribution < 1.29 is 13.2 Å². The summed E-state index contributed by atoms with van der Waals surface area (Å²) in [6, 6.07) is 1.40. The smallest absolute Gasteiger partial charge is 0.267 e. The molecule has 1 aromatic heterocycles. The Bertz CT molecular complexity index is 544. The first kappa shape index (κ1) is 14.1. The summed E-state index contributed by atoms with van der Waals surface area (Å²) in [5.41, 5.74) is 0.284. The topological polar surface area (TPSA) is 82.3 Å². The van der Waals surface area contributed by atoms with Crippen LogP contribution in [0.25, 0.3) is 0 Å². The molecule has 1 aromatic rings. The van der Waals surface area contributed by atoms with Crippen LogP contribution in [0.4, 0.5) is 0 Å². The Morgan fingerprint density at radius 1 is 1.42 bits per heavy atom. The minimum absolute atomic E-state index is 0.163. The number of sulfonamides is 1. The van der Waals surface area contributed by atoms with Gasteiger partial charge in [0.15, 0.2) is 0 Å². The molecule has 1 fully saturated rings. The van der Waals surface area contributed by atoms with E-state index >= 15 is 0 Å². The number of hydrogen-bond acceptors (Lipinski definition) is 3. The van der Waals surface area contributed by atoms with Gasteiger partial charge >= 0.3 is 0 Å². The number of nitrogens with one attached hydrogen (secondary N) is 2. The van der Waals surface area contributed by atoms with Crippen molar-refractivity contribution in [1.82, 2.24) is 14.6 Å². The lowest BCUT2D eigenvalue weighted by atomic mass is 10.4. The van der Waals surface area contributed by atoms with Crippen molar-refractivity contribution in [3.05, 3.63) is 18.0 Å². The number of aromatic nitrogens is 1. The maximum Gasteiger partial charge on any atom is 0.267 e. The van der Waals surface area contributed by atoms with Gasteiger partial charge in [0.25, 0.3) is 5.91 Å². The Balaban J connectivity index is 2.14. The van der Waals surface area contributed by atoms with E-state index in [0.29, 0.717) is 19.6 Å². The van der Waals surface area contributed by atoms with E-state index in [2.05, 4.69) is 10.3 Å². The predicted octanol–water partition coefficient (Wildman–Crippen LogP) is 0.939. The third-order valence-corrected chi connectivity index (χ3v) is 5.02. The van der Waals surface area contributed by atoms with E-state index in [0.717, 1.165) is 19.3 Å². The fourth-order valence-corrected chi connectivity index (χ4v) is 3.58. The first-order valence-electron chi connectivity index (χ1n) is 6.52. The van der Waals surface area contributed by atoms with Gasteiger partial charge in [-0.15, -0.1) is 0 Å². The van der Waals surface area contributed by atoms with E-state index < -0.39 is 10.0 Å². The first-order valence-corrected chi connectivity index (χ1v) is 7.96. The zero-order valence-electron chi connectivity index (χ0n) is 11.0. The van der Waals surface area contributed by atoms with Crippen molar-refractivity contribution in [2.45, 2.75) is 31.1 Å². The molecule has 0 unspecified atom stereocenters. The van der Waals surface area contributed by atoms with Crippen molar-refractivity contribution in [1.29, 1.82) is 0 Å². The molecule has 1 aliphatic heterocycles. The number of H-pyrrole nitrogens is 1. The summed E-state index contributed by atoms with van der Waals surface area (Å²) in [5, 5.41) is 2.70. The van der Waals surface area contributed by atoms with Gasteiger partial charge in [0.1, 0.15) is 10.6 Å². The largest absolute Gasteiger partial charge is 0.356 e. The third kappa shape index (κ3) is 2.98. The van der Waals surface area contributed by atoms with Crippen LogP contribution in [0.2, 0.25) is 0 Å². The molecule has 2 rings (SSSR count). The van der Waals surface area contributed by atoms with Crippen LogP contribution in [0.3, 0.4) is 0 Å². The second-order valence-electron chi connectivity index (χ2n) is 4.62. The highest BCUT2D eigenvalue weighted by molar-refractivity contribution is 7.89. The Morgan fingerprint density at radius 2 is 2.11 bits per heavy atom. The monoisotopic (exact) mass is 285 g/mol. The number of aromatic amines is 1. The minimum Gasteiger partial charge on any atom is -0.356 e. The lowest BCUT2D eigenvalue weighted by Crippen LogP contribution is -2.27. The summed E-state index contributed by atoms with van der Waals surface area (Å²) in [7, 11) is -3.45. The van der Waals surface area contributed by atoms with Crippen LogP contribution in [0.5, 0.6) is 0 Å². The molecule has 0 radical (unpaired) electrons. The average molecular weight is 285 g/mol. The molecule has 0 atom stereocenters. The molecule has 106 valence electrons. The molecule has 0 aliphatic carbocycles. The normalized spacial score (nSPS) is 16.7. The first-order chi connectivity index (χ1) is 9.05. The highest BCUT2D eigenvalue weighted by atomic mass is 32.2. The maximum atomic E-state index is 12.3. The number of nitrogens with zero attached hydrogens (tertiary/aromatic N) is 1. The molecule has 1 amide bonds. The van der Waals surface area contributed by atoms with Gasteiger partial charge in [0.05, 0.1) is 0 Å². The number of carbonyl (C=O) groups excluding carboxylic acids is 1. The van der Waals surface area contributed by atoms with Crippen LogP contribution >= 0.6 is 0 Å². The van der Waals surface area contributed by atoms with Crippen molar-refractivity contribution in [2.24, 2.45) is 0 Å². The zero-order chi connectivity index (χ0) is 13.9. The van der Waals surface area contributed by atoms with Crippen LogP contribution < -0.4 is 5.32 Å². The zero-order valence-corrected chi connectivity index (χ0v) is 11.8. The molecule has 0 aromatic carbocycles. The van der Waals surface area contributed by atoms with Crippen LogP contribution in [0, 0.1) is 0 Å². The number of carbonyl (C=O) groups is 1. The SMILES string of the molecule is CCCNC(=O)c1cc(S(=O)(=O)N2CCCC2)c[nH]1. The van der Waals surface area contributed by atoms with Gasteiger partial charge in [0.2, 0.25) is 10.0 Å². The second-order valence-corrected chi connectivity index (χ2v) is 6.55. The molecule has 6 nitrogen and oxygen atoms in total. The average Bonchev–Trinajstić information content (AvgIpc) is 3.05. The van der Waals surface area contributed by atoms with Crippen LogP contribution in [0.1, 0.15) is 36.7 Å². The van der Waals surface area contributed by atoms with Gasteiger partial charge in [-0.25, -0.2) is 8.42 Å². The molecule has 0 spiro atoms. The molecule has 0 saturated carbocycles. The summed E-state index contributed by atoms with van der Waals surface area (Å²) >= 11 is 0. The van der Waals surface area contributed by atoms with Gasteiger partial charge in [-0.05, 0) is 25.3 Å². The Morgan fingerprint density at radius 3 is 2.74 bits per heavy atom. The van der Waals surface area contributed by atoms with Gasteiger partial charge < -0.3 is 10.3 Å². The van der Waals surface area contributed by atoms with Crippen molar-refractivity contribution >= 4 is 15.9 Å². The lowest BCUT2D eigenvalue weighted by Gasteiger charge is -2.13. The van der Waals surface area contributed by atoms with E-state index in [1.807, 2.05) is 6.92 Å². The summed E-state index contributed by atoms with van der Waals surface area (Å²) in [6.07, 6.45) is 4.01. The molecule has 1 aliphatic rings. The van der Waals surface area contributed by atoms with Gasteiger partial charge in [-0.3, -0.25) is 4.79 Å². The van der Waals surface area contributed by atoms with Crippen LogP contribution in [-0.4, -0.2) is 43.2 Å². The minimum atomic E-state index is -3.45. The van der Waals surface area contributed by atoms with Gasteiger partial charge in [-0.2, -0.15) is 4.31 Å². The van der Waals surface area contributed by atoms with Crippen LogP contribution in [0.15, 0.2) is 17.2 Å². The summed E-state index contributed by atoms with van der Waals surface area (Å²) < 4.78 is 26.0. The van der Waals surface area contributed by atoms with E-state index in [9.17, 15) is 13.2 Å². The Hall–Kier alpha value is -1.34. The summed E-state index contributed by atoms with van der Waals surface area (Å²) in [6.45, 7) is 3.65. The standard InChI is InChI=1S/C12H19N3O3S/c1-2-5-13-12(16)11-8-10(9-14-11)19(17,18)15-6-3-4-7-15/h8-9,14H,2-7H2,1H3,(H,13,16). The number of hydrogen-bond donors (Lipinski definition) is 2. The van der Waals surface area contributed by atoms with E-state index in [-0.39, 0.29) is 16.5 Å². The lowest BCUT2D eigenvalue weighted by molar-refractivity contribution is 0.0949. The number of amides is 1. The maximum absolute atomic E-state index is 12.3. The van der Waals surface area contributed by atoms with E-state index in [1.54, 1.807) is 0 Å². The fraction of sp³-hybridized carbons (Fsp3) is 0.583. The summed E-state index contributed by atoms with van der Waals surface area (Å²) in [4.78, 5) is 14.6. The highest BCUT2D eigenvalue weighted by Gasteiger charge is 2.28. The molecule has 2 N–H and O–H groups in total.